The van der Waals surface area contributed by atoms with E-state index in [4.69, 9.17) is 4.74 Å². The predicted octanol–water partition coefficient (Wildman–Crippen LogP) is 3.17. The van der Waals surface area contributed by atoms with Crippen molar-refractivity contribution in [2.24, 2.45) is 5.92 Å². The van der Waals surface area contributed by atoms with Crippen LogP contribution in [-0.2, 0) is 9.53 Å². The number of piperidine rings is 1. The molecule has 0 N–H and O–H groups in total. The van der Waals surface area contributed by atoms with Gasteiger partial charge in [-0.05, 0) is 38.3 Å². The zero-order valence-electron chi connectivity index (χ0n) is 12.1. The summed E-state index contributed by atoms with van der Waals surface area (Å²) in [6, 6.07) is 11.3. The number of ether oxygens (including phenoxy) is 1. The number of likely N-dealkylation sites (tertiary alicyclic amines) is 1. The average molecular weight is 273 g/mol. The van der Waals surface area contributed by atoms with Crippen LogP contribution in [0.15, 0.2) is 30.3 Å². The van der Waals surface area contributed by atoms with Crippen LogP contribution >= 0.6 is 0 Å². The van der Waals surface area contributed by atoms with E-state index >= 15 is 0 Å². The molecule has 1 aromatic carbocycles. The van der Waals surface area contributed by atoms with Crippen molar-refractivity contribution in [3.63, 3.8) is 0 Å². The standard InChI is InChI=1S/C17H23NO2/c1-13(14-7-3-2-4-8-14)18-11-6-5-9-16(18)15-10-12-20-17(15)19/h2-4,7-8,13,15-16H,5-6,9-12H2,1H3/t13-,15-,16+/m0/s1. The Morgan fingerprint density at radius 1 is 1.20 bits per heavy atom. The van der Waals surface area contributed by atoms with E-state index in [9.17, 15) is 4.79 Å². The highest BCUT2D eigenvalue weighted by molar-refractivity contribution is 5.75. The SMILES string of the molecule is C[C@@H](c1ccccc1)N1CCCC[C@@H]1[C@@H]1CCOC1=O. The molecule has 2 saturated heterocycles. The fourth-order valence-corrected chi connectivity index (χ4v) is 3.68. The van der Waals surface area contributed by atoms with Crippen LogP contribution in [0.25, 0.3) is 0 Å². The molecule has 0 saturated carbocycles. The summed E-state index contributed by atoms with van der Waals surface area (Å²) in [5.74, 6) is 0.101. The Bertz CT molecular complexity index is 459. The molecule has 3 atom stereocenters. The largest absolute Gasteiger partial charge is 0.465 e. The van der Waals surface area contributed by atoms with Crippen molar-refractivity contribution in [1.82, 2.24) is 4.90 Å². The molecule has 2 fully saturated rings. The third kappa shape index (κ3) is 2.59. The van der Waals surface area contributed by atoms with Gasteiger partial charge in [0.25, 0.3) is 0 Å². The van der Waals surface area contributed by atoms with Crippen LogP contribution in [0.1, 0.15) is 44.2 Å². The van der Waals surface area contributed by atoms with Gasteiger partial charge in [0.05, 0.1) is 12.5 Å². The summed E-state index contributed by atoms with van der Waals surface area (Å²) in [5, 5.41) is 0. The van der Waals surface area contributed by atoms with Crippen LogP contribution in [0.4, 0.5) is 0 Å². The summed E-state index contributed by atoms with van der Waals surface area (Å²) < 4.78 is 5.19. The van der Waals surface area contributed by atoms with Crippen molar-refractivity contribution >= 4 is 5.97 Å². The number of hydrogen-bond acceptors (Lipinski definition) is 3. The van der Waals surface area contributed by atoms with Crippen LogP contribution in [0, 0.1) is 5.92 Å². The molecule has 20 heavy (non-hydrogen) atoms. The van der Waals surface area contributed by atoms with Crippen LogP contribution in [0.3, 0.4) is 0 Å². The highest BCUT2D eigenvalue weighted by Crippen LogP contribution is 2.35. The molecule has 0 spiro atoms. The van der Waals surface area contributed by atoms with Gasteiger partial charge in [0, 0.05) is 12.1 Å². The summed E-state index contributed by atoms with van der Waals surface area (Å²) in [5.41, 5.74) is 1.34. The zero-order valence-corrected chi connectivity index (χ0v) is 12.1. The van der Waals surface area contributed by atoms with Gasteiger partial charge in [0.2, 0.25) is 0 Å². The first-order valence-corrected chi connectivity index (χ1v) is 7.74. The minimum Gasteiger partial charge on any atom is -0.465 e. The molecule has 3 heteroatoms. The van der Waals surface area contributed by atoms with Gasteiger partial charge in [-0.25, -0.2) is 0 Å². The van der Waals surface area contributed by atoms with Crippen LogP contribution in [0.5, 0.6) is 0 Å². The average Bonchev–Trinajstić information content (AvgIpc) is 2.93. The van der Waals surface area contributed by atoms with Crippen molar-refractivity contribution in [3.8, 4) is 0 Å². The van der Waals surface area contributed by atoms with Crippen LogP contribution in [-0.4, -0.2) is 30.1 Å². The number of benzene rings is 1. The Morgan fingerprint density at radius 3 is 2.70 bits per heavy atom. The number of rotatable bonds is 3. The van der Waals surface area contributed by atoms with Crippen LogP contribution < -0.4 is 0 Å². The van der Waals surface area contributed by atoms with Crippen molar-refractivity contribution in [3.05, 3.63) is 35.9 Å². The Morgan fingerprint density at radius 2 is 2.00 bits per heavy atom. The van der Waals surface area contributed by atoms with Crippen molar-refractivity contribution < 1.29 is 9.53 Å². The maximum atomic E-state index is 11.9. The van der Waals surface area contributed by atoms with Crippen molar-refractivity contribution in [2.75, 3.05) is 13.2 Å². The first kappa shape index (κ1) is 13.6. The minimum atomic E-state index is 0.0159. The molecule has 0 amide bonds. The number of cyclic esters (lactones) is 1. The first-order valence-electron chi connectivity index (χ1n) is 7.74. The molecule has 1 aromatic rings. The molecule has 0 unspecified atom stereocenters. The first-order chi connectivity index (χ1) is 9.77. The third-order valence-electron chi connectivity index (χ3n) is 4.81. The lowest BCUT2D eigenvalue weighted by Crippen LogP contribution is -2.46. The number of esters is 1. The number of hydrogen-bond donors (Lipinski definition) is 0. The summed E-state index contributed by atoms with van der Waals surface area (Å²) >= 11 is 0. The lowest BCUT2D eigenvalue weighted by molar-refractivity contribution is -0.143. The second kappa shape index (κ2) is 5.96. The second-order valence-electron chi connectivity index (χ2n) is 5.95. The molecule has 3 rings (SSSR count). The quantitative estimate of drug-likeness (QED) is 0.792. The Hall–Kier alpha value is -1.35. The topological polar surface area (TPSA) is 29.5 Å². The lowest BCUT2D eigenvalue weighted by atomic mass is 9.87. The van der Waals surface area contributed by atoms with Gasteiger partial charge < -0.3 is 4.74 Å². The maximum Gasteiger partial charge on any atom is 0.310 e. The molecular weight excluding hydrogens is 250 g/mol. The molecule has 3 nitrogen and oxygen atoms in total. The fraction of sp³-hybridized carbons (Fsp3) is 0.588. The van der Waals surface area contributed by atoms with E-state index in [0.717, 1.165) is 19.4 Å². The van der Waals surface area contributed by atoms with Gasteiger partial charge in [0.1, 0.15) is 0 Å². The molecule has 2 aliphatic rings. The lowest BCUT2D eigenvalue weighted by Gasteiger charge is -2.42. The Kier molecular flexibility index (Phi) is 4.06. The predicted molar refractivity (Wildman–Crippen MR) is 78.3 cm³/mol. The molecule has 2 heterocycles. The van der Waals surface area contributed by atoms with Gasteiger partial charge in [-0.2, -0.15) is 0 Å². The summed E-state index contributed by atoms with van der Waals surface area (Å²) in [4.78, 5) is 14.5. The maximum absolute atomic E-state index is 11.9. The van der Waals surface area contributed by atoms with E-state index in [1.807, 2.05) is 0 Å². The van der Waals surface area contributed by atoms with Gasteiger partial charge in [-0.15, -0.1) is 0 Å². The van der Waals surface area contributed by atoms with Crippen LogP contribution in [0.2, 0.25) is 0 Å². The Balaban J connectivity index is 1.80. The Labute approximate surface area is 120 Å². The summed E-state index contributed by atoms with van der Waals surface area (Å²) in [6.45, 7) is 3.95. The van der Waals surface area contributed by atoms with Crippen molar-refractivity contribution in [2.45, 2.75) is 44.7 Å². The molecular formula is C17H23NO2. The summed E-state index contributed by atoms with van der Waals surface area (Å²) in [7, 11) is 0. The van der Waals surface area contributed by atoms with Crippen molar-refractivity contribution in [1.29, 1.82) is 0 Å². The van der Waals surface area contributed by atoms with E-state index in [-0.39, 0.29) is 11.9 Å². The van der Waals surface area contributed by atoms with E-state index in [1.165, 1.54) is 18.4 Å². The van der Waals surface area contributed by atoms with E-state index in [1.54, 1.807) is 0 Å². The molecule has 108 valence electrons. The van der Waals surface area contributed by atoms with Gasteiger partial charge in [0.15, 0.2) is 0 Å². The molecule has 0 aromatic heterocycles. The normalized spacial score (nSPS) is 29.1. The summed E-state index contributed by atoms with van der Waals surface area (Å²) in [6.07, 6.45) is 4.47. The second-order valence-corrected chi connectivity index (χ2v) is 5.95. The highest BCUT2D eigenvalue weighted by atomic mass is 16.5. The molecule has 0 bridgehead atoms. The fourth-order valence-electron chi connectivity index (χ4n) is 3.68. The molecule has 2 aliphatic heterocycles. The monoisotopic (exact) mass is 273 g/mol. The highest BCUT2D eigenvalue weighted by Gasteiger charge is 2.40. The van der Waals surface area contributed by atoms with E-state index < -0.39 is 0 Å². The van der Waals surface area contributed by atoms with E-state index in [0.29, 0.717) is 18.7 Å². The number of carbonyl (C=O) groups is 1. The van der Waals surface area contributed by atoms with Gasteiger partial charge in [-0.3, -0.25) is 9.69 Å². The molecule has 0 radical (unpaired) electrons. The van der Waals surface area contributed by atoms with Gasteiger partial charge in [-0.1, -0.05) is 36.8 Å². The third-order valence-corrected chi connectivity index (χ3v) is 4.81. The smallest absolute Gasteiger partial charge is 0.310 e. The number of carbonyl (C=O) groups excluding carboxylic acids is 1. The minimum absolute atomic E-state index is 0.0159. The number of nitrogens with zero attached hydrogens (tertiary/aromatic N) is 1. The van der Waals surface area contributed by atoms with Gasteiger partial charge >= 0.3 is 5.97 Å². The van der Waals surface area contributed by atoms with E-state index in [2.05, 4.69) is 42.2 Å². The molecule has 0 aliphatic carbocycles. The zero-order chi connectivity index (χ0) is 13.9.